The van der Waals surface area contributed by atoms with Crippen molar-refractivity contribution < 1.29 is 24.2 Å². The lowest BCUT2D eigenvalue weighted by Crippen LogP contribution is -2.48. The Morgan fingerprint density at radius 2 is 1.89 bits per heavy atom. The summed E-state index contributed by atoms with van der Waals surface area (Å²) in [5.41, 5.74) is 2.22. The van der Waals surface area contributed by atoms with E-state index in [9.17, 15) is 19.5 Å². The van der Waals surface area contributed by atoms with Crippen molar-refractivity contribution in [1.82, 2.24) is 9.80 Å². The summed E-state index contributed by atoms with van der Waals surface area (Å²) in [6.07, 6.45) is 7.93. The number of amides is 2. The van der Waals surface area contributed by atoms with Gasteiger partial charge in [-0.1, -0.05) is 36.4 Å². The topological polar surface area (TPSA) is 87.2 Å². The normalized spacial score (nSPS) is 20.1. The van der Waals surface area contributed by atoms with Gasteiger partial charge in [-0.3, -0.25) is 14.4 Å². The number of unbranched alkanes of at least 4 members (excludes halogenated alkanes) is 1. The molecule has 2 amide bonds. The van der Waals surface area contributed by atoms with Gasteiger partial charge >= 0.3 is 5.97 Å². The summed E-state index contributed by atoms with van der Waals surface area (Å²) < 4.78 is 5.44. The van der Waals surface area contributed by atoms with E-state index in [0.717, 1.165) is 30.4 Å². The second-order valence-electron chi connectivity index (χ2n) is 9.45. The molecule has 0 unspecified atom stereocenters. The fraction of sp³-hybridized carbons (Fsp3) is 0.536. The maximum atomic E-state index is 13.5. The van der Waals surface area contributed by atoms with Crippen LogP contribution in [-0.4, -0.2) is 64.5 Å². The molecule has 2 aliphatic heterocycles. The maximum absolute atomic E-state index is 13.5. The molecular weight excluding hydrogens is 444 g/mol. The van der Waals surface area contributed by atoms with E-state index in [-0.39, 0.29) is 49.5 Å². The lowest BCUT2D eigenvalue weighted by molar-refractivity contribution is -0.149. The number of fused-ring (bicyclic) bond motifs is 1. The number of esters is 1. The van der Waals surface area contributed by atoms with Gasteiger partial charge in [-0.15, -0.1) is 13.2 Å². The van der Waals surface area contributed by atoms with Crippen LogP contribution in [-0.2, 0) is 32.1 Å². The molecule has 0 spiro atoms. The SMILES string of the molecule is C=CCCCC(=O)OC[C@@H]1CCCN1C(=O)[C@@H](CC=C)CC(=O)N1Cc2ccccc2C[C@H]1CO. The summed E-state index contributed by atoms with van der Waals surface area (Å²) in [6.45, 7) is 8.54. The molecule has 1 fully saturated rings. The second-order valence-corrected chi connectivity index (χ2v) is 9.45. The number of carbonyl (C=O) groups excluding carboxylic acids is 3. The molecule has 1 aromatic carbocycles. The molecule has 190 valence electrons. The second kappa shape index (κ2) is 13.2. The number of likely N-dealkylation sites (tertiary alicyclic amines) is 1. The molecule has 3 atom stereocenters. The molecule has 1 aromatic rings. The maximum Gasteiger partial charge on any atom is 0.305 e. The highest BCUT2D eigenvalue weighted by molar-refractivity contribution is 5.86. The molecule has 35 heavy (non-hydrogen) atoms. The fourth-order valence-electron chi connectivity index (χ4n) is 5.03. The molecule has 0 saturated carbocycles. The molecule has 2 aliphatic rings. The molecule has 0 radical (unpaired) electrons. The Labute approximate surface area is 208 Å². The van der Waals surface area contributed by atoms with Gasteiger partial charge in [0.2, 0.25) is 11.8 Å². The molecule has 0 aromatic heterocycles. The zero-order valence-electron chi connectivity index (χ0n) is 20.6. The predicted molar refractivity (Wildman–Crippen MR) is 134 cm³/mol. The minimum atomic E-state index is -0.527. The van der Waals surface area contributed by atoms with E-state index in [1.54, 1.807) is 22.0 Å². The van der Waals surface area contributed by atoms with Gasteiger partial charge in [-0.25, -0.2) is 0 Å². The van der Waals surface area contributed by atoms with E-state index in [1.807, 2.05) is 24.3 Å². The molecule has 0 bridgehead atoms. The number of aliphatic hydroxyl groups is 1. The molecule has 1 saturated heterocycles. The van der Waals surface area contributed by atoms with Crippen LogP contribution in [0.1, 0.15) is 56.1 Å². The smallest absolute Gasteiger partial charge is 0.305 e. The number of nitrogens with zero attached hydrogens (tertiary/aromatic N) is 2. The van der Waals surface area contributed by atoms with Crippen molar-refractivity contribution in [2.24, 2.45) is 5.92 Å². The van der Waals surface area contributed by atoms with Crippen LogP contribution in [0.2, 0.25) is 0 Å². The summed E-state index contributed by atoms with van der Waals surface area (Å²) in [4.78, 5) is 42.3. The van der Waals surface area contributed by atoms with Crippen molar-refractivity contribution in [3.05, 3.63) is 60.7 Å². The molecule has 2 heterocycles. The van der Waals surface area contributed by atoms with E-state index in [2.05, 4.69) is 13.2 Å². The number of hydrogen-bond acceptors (Lipinski definition) is 5. The van der Waals surface area contributed by atoms with Gasteiger partial charge in [0.1, 0.15) is 6.61 Å². The first-order valence-electron chi connectivity index (χ1n) is 12.6. The van der Waals surface area contributed by atoms with Gasteiger partial charge in [0.05, 0.1) is 24.6 Å². The first-order valence-corrected chi connectivity index (χ1v) is 12.6. The van der Waals surface area contributed by atoms with E-state index < -0.39 is 5.92 Å². The molecular formula is C28H38N2O5. The third-order valence-electron chi connectivity index (χ3n) is 6.99. The monoisotopic (exact) mass is 482 g/mol. The third kappa shape index (κ3) is 7.04. The summed E-state index contributed by atoms with van der Waals surface area (Å²) in [6, 6.07) is 7.49. The zero-order valence-corrected chi connectivity index (χ0v) is 20.6. The molecule has 7 nitrogen and oxygen atoms in total. The number of benzene rings is 1. The zero-order chi connectivity index (χ0) is 25.2. The largest absolute Gasteiger partial charge is 0.463 e. The number of aliphatic hydroxyl groups excluding tert-OH is 1. The number of allylic oxidation sites excluding steroid dienone is 2. The average molecular weight is 483 g/mol. The molecule has 3 rings (SSSR count). The minimum absolute atomic E-state index is 0.0636. The van der Waals surface area contributed by atoms with Gasteiger partial charge in [-0.2, -0.15) is 0 Å². The molecule has 1 N–H and O–H groups in total. The Balaban J connectivity index is 1.62. The minimum Gasteiger partial charge on any atom is -0.463 e. The van der Waals surface area contributed by atoms with Crippen LogP contribution in [0.3, 0.4) is 0 Å². The van der Waals surface area contributed by atoms with Crippen LogP contribution in [0.4, 0.5) is 0 Å². The number of ether oxygens (including phenoxy) is 1. The average Bonchev–Trinajstić information content (AvgIpc) is 3.34. The number of carbonyl (C=O) groups is 3. The van der Waals surface area contributed by atoms with Crippen molar-refractivity contribution in [3.8, 4) is 0 Å². The highest BCUT2D eigenvalue weighted by atomic mass is 16.5. The van der Waals surface area contributed by atoms with E-state index >= 15 is 0 Å². The Kier molecular flexibility index (Phi) is 10.1. The Hall–Kier alpha value is -2.93. The quantitative estimate of drug-likeness (QED) is 0.280. The Morgan fingerprint density at radius 3 is 2.60 bits per heavy atom. The highest BCUT2D eigenvalue weighted by Gasteiger charge is 2.36. The first-order chi connectivity index (χ1) is 17.0. The van der Waals surface area contributed by atoms with Crippen molar-refractivity contribution in [2.45, 2.75) is 70.0 Å². The van der Waals surface area contributed by atoms with Crippen LogP contribution in [0, 0.1) is 5.92 Å². The fourth-order valence-corrected chi connectivity index (χ4v) is 5.03. The molecule has 0 aliphatic carbocycles. The summed E-state index contributed by atoms with van der Waals surface area (Å²) in [5.74, 6) is -1.02. The number of rotatable bonds is 12. The predicted octanol–water partition coefficient (Wildman–Crippen LogP) is 3.41. The van der Waals surface area contributed by atoms with Gasteiger partial charge in [0.25, 0.3) is 0 Å². The first kappa shape index (κ1) is 26.7. The van der Waals surface area contributed by atoms with Crippen LogP contribution >= 0.6 is 0 Å². The Bertz CT molecular complexity index is 914. The molecule has 7 heteroatoms. The van der Waals surface area contributed by atoms with Gasteiger partial charge in [0, 0.05) is 25.9 Å². The van der Waals surface area contributed by atoms with Crippen molar-refractivity contribution in [2.75, 3.05) is 19.8 Å². The summed E-state index contributed by atoms with van der Waals surface area (Å²) in [7, 11) is 0. The van der Waals surface area contributed by atoms with E-state index in [0.29, 0.717) is 38.8 Å². The van der Waals surface area contributed by atoms with Crippen molar-refractivity contribution in [1.29, 1.82) is 0 Å². The lowest BCUT2D eigenvalue weighted by Gasteiger charge is -2.37. The van der Waals surface area contributed by atoms with Gasteiger partial charge in [-0.05, 0) is 49.7 Å². The summed E-state index contributed by atoms with van der Waals surface area (Å²) in [5, 5.41) is 9.93. The van der Waals surface area contributed by atoms with Crippen LogP contribution in [0.15, 0.2) is 49.6 Å². The van der Waals surface area contributed by atoms with Crippen LogP contribution in [0.5, 0.6) is 0 Å². The third-order valence-corrected chi connectivity index (χ3v) is 6.99. The standard InChI is InChI=1S/C28H38N2O5/c1-3-5-6-14-27(33)35-20-24-13-9-15-29(24)28(34)22(10-4-2)17-26(32)30-18-23-12-8-7-11-21(23)16-25(30)19-31/h3-4,7-8,11-12,22,24-25,31H,1-2,5-6,9-10,13-20H2/t22-,24-,25-/m0/s1. The van der Waals surface area contributed by atoms with Gasteiger partial charge in [0.15, 0.2) is 0 Å². The highest BCUT2D eigenvalue weighted by Crippen LogP contribution is 2.27. The van der Waals surface area contributed by atoms with Crippen molar-refractivity contribution >= 4 is 17.8 Å². The number of hydrogen-bond donors (Lipinski definition) is 1. The van der Waals surface area contributed by atoms with Gasteiger partial charge < -0.3 is 19.6 Å². The lowest BCUT2D eigenvalue weighted by atomic mass is 9.92. The van der Waals surface area contributed by atoms with E-state index in [4.69, 9.17) is 4.74 Å². The van der Waals surface area contributed by atoms with Crippen LogP contribution in [0.25, 0.3) is 0 Å². The van der Waals surface area contributed by atoms with Crippen molar-refractivity contribution in [3.63, 3.8) is 0 Å². The van der Waals surface area contributed by atoms with E-state index in [1.165, 1.54) is 0 Å². The van der Waals surface area contributed by atoms with Crippen LogP contribution < -0.4 is 0 Å². The Morgan fingerprint density at radius 1 is 1.11 bits per heavy atom. The summed E-state index contributed by atoms with van der Waals surface area (Å²) >= 11 is 0.